The Kier molecular flexibility index (Phi) is 6.42. The summed E-state index contributed by atoms with van der Waals surface area (Å²) in [5.74, 6) is -0.00109. The highest BCUT2D eigenvalue weighted by atomic mass is 16.5. The number of carbonyl (C=O) groups is 1. The van der Waals surface area contributed by atoms with E-state index >= 15 is 0 Å². The molecule has 2 unspecified atom stereocenters. The van der Waals surface area contributed by atoms with Crippen molar-refractivity contribution in [2.45, 2.75) is 25.0 Å². The predicted molar refractivity (Wildman–Crippen MR) is 104 cm³/mol. The number of hydrogen-bond acceptors (Lipinski definition) is 3. The molecule has 3 rings (SSSR count). The molecule has 1 aliphatic rings. The minimum Gasteiger partial charge on any atom is -0.367 e. The van der Waals surface area contributed by atoms with Gasteiger partial charge >= 0.3 is 0 Å². The lowest BCUT2D eigenvalue weighted by atomic mass is 10.0. The fourth-order valence-electron chi connectivity index (χ4n) is 3.72. The molecule has 2 aromatic carbocycles. The topological polar surface area (TPSA) is 32.8 Å². The lowest BCUT2D eigenvalue weighted by molar-refractivity contribution is -0.141. The predicted octanol–water partition coefficient (Wildman–Crippen LogP) is 3.67. The zero-order valence-electron chi connectivity index (χ0n) is 15.7. The largest absolute Gasteiger partial charge is 0.367 e. The quantitative estimate of drug-likeness (QED) is 0.762. The molecule has 138 valence electrons. The van der Waals surface area contributed by atoms with Crippen molar-refractivity contribution in [2.24, 2.45) is 0 Å². The first kappa shape index (κ1) is 18.6. The van der Waals surface area contributed by atoms with Crippen molar-refractivity contribution in [1.29, 1.82) is 0 Å². The Labute approximate surface area is 156 Å². The second-order valence-corrected chi connectivity index (χ2v) is 6.91. The summed E-state index contributed by atoms with van der Waals surface area (Å²) in [7, 11) is 3.47. The summed E-state index contributed by atoms with van der Waals surface area (Å²) >= 11 is 0. The number of likely N-dealkylation sites (tertiary alicyclic amines) is 1. The first-order chi connectivity index (χ1) is 12.7. The van der Waals surface area contributed by atoms with Crippen LogP contribution in [0.4, 0.5) is 0 Å². The number of hydrogen-bond donors (Lipinski definition) is 0. The van der Waals surface area contributed by atoms with Gasteiger partial charge in [-0.2, -0.15) is 0 Å². The van der Waals surface area contributed by atoms with Gasteiger partial charge in [-0.15, -0.1) is 0 Å². The molecule has 0 radical (unpaired) electrons. The van der Waals surface area contributed by atoms with E-state index in [9.17, 15) is 4.79 Å². The molecular formula is C22H28N2O2. The van der Waals surface area contributed by atoms with Crippen molar-refractivity contribution in [1.82, 2.24) is 9.80 Å². The molecule has 4 heteroatoms. The van der Waals surface area contributed by atoms with Crippen LogP contribution in [0.25, 0.3) is 0 Å². The van der Waals surface area contributed by atoms with E-state index in [1.54, 1.807) is 7.11 Å². The van der Waals surface area contributed by atoms with Crippen LogP contribution >= 0.6 is 0 Å². The molecule has 1 heterocycles. The van der Waals surface area contributed by atoms with E-state index in [0.717, 1.165) is 18.7 Å². The SMILES string of the molecule is COC(C(=O)N(C)CC(c1ccccc1)N1CCCC1)c1ccccc1. The fourth-order valence-corrected chi connectivity index (χ4v) is 3.72. The number of likely N-dealkylation sites (N-methyl/N-ethyl adjacent to an activating group) is 1. The number of benzene rings is 2. The van der Waals surface area contributed by atoms with E-state index in [2.05, 4.69) is 29.2 Å². The van der Waals surface area contributed by atoms with Gasteiger partial charge in [0.15, 0.2) is 6.10 Å². The lowest BCUT2D eigenvalue weighted by Gasteiger charge is -2.33. The smallest absolute Gasteiger partial charge is 0.256 e. The standard InChI is InChI=1S/C22H28N2O2/c1-23(22(25)21(26-2)19-13-7-4-8-14-19)17-20(24-15-9-10-16-24)18-11-5-3-6-12-18/h3-8,11-14,20-21H,9-10,15-17H2,1-2H3. The number of nitrogens with zero attached hydrogens (tertiary/aromatic N) is 2. The Morgan fingerprint density at radius 1 is 1.00 bits per heavy atom. The average Bonchev–Trinajstić information content (AvgIpc) is 3.22. The molecule has 4 nitrogen and oxygen atoms in total. The van der Waals surface area contributed by atoms with Gasteiger partial charge in [0.05, 0.1) is 6.04 Å². The summed E-state index contributed by atoms with van der Waals surface area (Å²) in [6.07, 6.45) is 1.90. The minimum absolute atomic E-state index is 0.00109. The van der Waals surface area contributed by atoms with Crippen LogP contribution in [0, 0.1) is 0 Å². The van der Waals surface area contributed by atoms with E-state index in [1.165, 1.54) is 18.4 Å². The molecule has 2 aromatic rings. The van der Waals surface area contributed by atoms with Crippen LogP contribution in [0.5, 0.6) is 0 Å². The second-order valence-electron chi connectivity index (χ2n) is 6.91. The molecule has 1 saturated heterocycles. The Hall–Kier alpha value is -2.17. The highest BCUT2D eigenvalue weighted by Gasteiger charge is 2.29. The number of amides is 1. The van der Waals surface area contributed by atoms with E-state index < -0.39 is 6.10 Å². The summed E-state index contributed by atoms with van der Waals surface area (Å²) in [4.78, 5) is 17.3. The van der Waals surface area contributed by atoms with Crippen molar-refractivity contribution in [3.63, 3.8) is 0 Å². The Morgan fingerprint density at radius 3 is 2.08 bits per heavy atom. The summed E-state index contributed by atoms with van der Waals surface area (Å²) < 4.78 is 5.53. The van der Waals surface area contributed by atoms with E-state index in [1.807, 2.05) is 48.3 Å². The number of carbonyl (C=O) groups excluding carboxylic acids is 1. The molecule has 0 bridgehead atoms. The molecule has 1 aliphatic heterocycles. The van der Waals surface area contributed by atoms with Gasteiger partial charge in [0.1, 0.15) is 0 Å². The Morgan fingerprint density at radius 2 is 1.54 bits per heavy atom. The van der Waals surface area contributed by atoms with Gasteiger partial charge in [0.2, 0.25) is 0 Å². The summed E-state index contributed by atoms with van der Waals surface area (Å²) in [6.45, 7) is 2.84. The van der Waals surface area contributed by atoms with Crippen LogP contribution in [0.1, 0.15) is 36.1 Å². The van der Waals surface area contributed by atoms with Crippen molar-refractivity contribution >= 4 is 5.91 Å². The third-order valence-corrected chi connectivity index (χ3v) is 5.15. The summed E-state index contributed by atoms with van der Waals surface area (Å²) in [5, 5.41) is 0. The third-order valence-electron chi connectivity index (χ3n) is 5.15. The monoisotopic (exact) mass is 352 g/mol. The van der Waals surface area contributed by atoms with E-state index in [4.69, 9.17) is 4.74 Å². The van der Waals surface area contributed by atoms with Crippen LogP contribution < -0.4 is 0 Å². The molecule has 1 amide bonds. The zero-order valence-corrected chi connectivity index (χ0v) is 15.7. The molecule has 0 N–H and O–H groups in total. The molecule has 0 saturated carbocycles. The first-order valence-corrected chi connectivity index (χ1v) is 9.32. The third kappa shape index (κ3) is 4.32. The van der Waals surface area contributed by atoms with E-state index in [-0.39, 0.29) is 11.9 Å². The van der Waals surface area contributed by atoms with Gasteiger partial charge < -0.3 is 9.64 Å². The van der Waals surface area contributed by atoms with E-state index in [0.29, 0.717) is 6.54 Å². The van der Waals surface area contributed by atoms with Crippen LogP contribution in [0.3, 0.4) is 0 Å². The van der Waals surface area contributed by atoms with Crippen molar-refractivity contribution < 1.29 is 9.53 Å². The molecule has 0 aromatic heterocycles. The van der Waals surface area contributed by atoms with Crippen LogP contribution in [-0.4, -0.2) is 49.5 Å². The maximum absolute atomic E-state index is 13.0. The second kappa shape index (κ2) is 8.97. The van der Waals surface area contributed by atoms with Crippen molar-refractivity contribution in [3.05, 3.63) is 71.8 Å². The summed E-state index contributed by atoms with van der Waals surface area (Å²) in [5.41, 5.74) is 2.16. The Bertz CT molecular complexity index is 684. The van der Waals surface area contributed by atoms with Crippen LogP contribution in [0.2, 0.25) is 0 Å². The van der Waals surface area contributed by atoms with Crippen molar-refractivity contribution in [2.75, 3.05) is 33.8 Å². The number of methoxy groups -OCH3 is 1. The molecule has 2 atom stereocenters. The Balaban J connectivity index is 1.76. The molecule has 1 fully saturated rings. The summed E-state index contributed by atoms with van der Waals surface area (Å²) in [6, 6.07) is 20.4. The molecule has 26 heavy (non-hydrogen) atoms. The average molecular weight is 352 g/mol. The van der Waals surface area contributed by atoms with Gasteiger partial charge in [-0.3, -0.25) is 9.69 Å². The van der Waals surface area contributed by atoms with Gasteiger partial charge in [-0.1, -0.05) is 60.7 Å². The zero-order chi connectivity index (χ0) is 18.4. The molecular weight excluding hydrogens is 324 g/mol. The van der Waals surface area contributed by atoms with Gasteiger partial charge in [0, 0.05) is 20.7 Å². The van der Waals surface area contributed by atoms with Gasteiger partial charge in [0.25, 0.3) is 5.91 Å². The van der Waals surface area contributed by atoms with Gasteiger partial charge in [-0.05, 0) is 37.1 Å². The van der Waals surface area contributed by atoms with Crippen LogP contribution in [0.15, 0.2) is 60.7 Å². The minimum atomic E-state index is -0.559. The number of rotatable bonds is 7. The fraction of sp³-hybridized carbons (Fsp3) is 0.409. The highest BCUT2D eigenvalue weighted by molar-refractivity contribution is 5.82. The normalized spacial score (nSPS) is 17.0. The molecule has 0 spiro atoms. The lowest BCUT2D eigenvalue weighted by Crippen LogP contribution is -2.40. The molecule has 0 aliphatic carbocycles. The van der Waals surface area contributed by atoms with Crippen molar-refractivity contribution in [3.8, 4) is 0 Å². The number of ether oxygens (including phenoxy) is 1. The first-order valence-electron chi connectivity index (χ1n) is 9.32. The van der Waals surface area contributed by atoms with Gasteiger partial charge in [-0.25, -0.2) is 0 Å². The maximum atomic E-state index is 13.0. The highest BCUT2D eigenvalue weighted by Crippen LogP contribution is 2.27. The van der Waals surface area contributed by atoms with Crippen LogP contribution in [-0.2, 0) is 9.53 Å². The maximum Gasteiger partial charge on any atom is 0.256 e.